The minimum absolute atomic E-state index is 0.809. The first-order chi connectivity index (χ1) is 6.27. The molecule has 1 aliphatic carbocycles. The molecule has 76 valence electrons. The smallest absolute Gasteiger partial charge is 0.0205 e. The summed E-state index contributed by atoms with van der Waals surface area (Å²) in [5.74, 6) is 0. The zero-order valence-electron chi connectivity index (χ0n) is 8.10. The average molecular weight is 267 g/mol. The molecule has 0 aromatic rings. The van der Waals surface area contributed by atoms with Crippen LogP contribution in [0.2, 0.25) is 0 Å². The van der Waals surface area contributed by atoms with Gasteiger partial charge in [-0.1, -0.05) is 34.0 Å². The molecule has 0 aromatic carbocycles. The van der Waals surface area contributed by atoms with Crippen molar-refractivity contribution in [2.45, 2.75) is 32.2 Å². The van der Waals surface area contributed by atoms with E-state index in [4.69, 9.17) is 11.6 Å². The fourth-order valence-electron chi connectivity index (χ4n) is 1.61. The van der Waals surface area contributed by atoms with Crippen LogP contribution in [0.15, 0.2) is 11.1 Å². The third-order valence-electron chi connectivity index (χ3n) is 2.60. The predicted octanol–water partition coefficient (Wildman–Crippen LogP) is 3.38. The molecule has 0 spiro atoms. The summed E-state index contributed by atoms with van der Waals surface area (Å²) in [4.78, 5) is 2.52. The van der Waals surface area contributed by atoms with Crippen LogP contribution in [0.5, 0.6) is 0 Å². The van der Waals surface area contributed by atoms with E-state index in [0.717, 1.165) is 24.5 Å². The van der Waals surface area contributed by atoms with Crippen LogP contribution >= 0.6 is 27.5 Å². The van der Waals surface area contributed by atoms with Crippen LogP contribution in [0.1, 0.15) is 26.2 Å². The van der Waals surface area contributed by atoms with Crippen LogP contribution in [0.25, 0.3) is 0 Å². The van der Waals surface area contributed by atoms with Gasteiger partial charge in [-0.25, -0.2) is 0 Å². The first kappa shape index (κ1) is 11.5. The normalized spacial score (nSPS) is 19.2. The molecule has 0 unspecified atom stereocenters. The molecule has 1 aliphatic rings. The fraction of sp³-hybridized carbons (Fsp3) is 0.800. The Morgan fingerprint density at radius 3 is 2.69 bits per heavy atom. The van der Waals surface area contributed by atoms with Gasteiger partial charge in [0.15, 0.2) is 0 Å². The molecule has 0 heterocycles. The monoisotopic (exact) mass is 265 g/mol. The average Bonchev–Trinajstić information content (AvgIpc) is 2.01. The van der Waals surface area contributed by atoms with E-state index >= 15 is 0 Å². The number of hydrogen-bond donors (Lipinski definition) is 0. The second-order valence-corrected chi connectivity index (χ2v) is 4.71. The molecule has 1 fully saturated rings. The van der Waals surface area contributed by atoms with Gasteiger partial charge in [0.2, 0.25) is 0 Å². The van der Waals surface area contributed by atoms with Crippen LogP contribution < -0.4 is 0 Å². The molecule has 0 radical (unpaired) electrons. The molecule has 0 bridgehead atoms. The summed E-state index contributed by atoms with van der Waals surface area (Å²) in [5.41, 5.74) is 2.95. The van der Waals surface area contributed by atoms with E-state index in [2.05, 4.69) is 27.8 Å². The Morgan fingerprint density at radius 1 is 1.62 bits per heavy atom. The van der Waals surface area contributed by atoms with Crippen LogP contribution in [0.3, 0.4) is 0 Å². The number of nitrogens with zero attached hydrogens (tertiary/aromatic N) is 1. The molecular weight excluding hydrogens is 249 g/mol. The van der Waals surface area contributed by atoms with Crippen molar-refractivity contribution in [1.82, 2.24) is 4.90 Å². The lowest BCUT2D eigenvalue weighted by Gasteiger charge is -2.37. The Kier molecular flexibility index (Phi) is 5.37. The van der Waals surface area contributed by atoms with Gasteiger partial charge in [-0.3, -0.25) is 4.90 Å². The van der Waals surface area contributed by atoms with Gasteiger partial charge < -0.3 is 0 Å². The SMILES string of the molecule is CC(=CCl)CN(CCBr)C1CCC1. The van der Waals surface area contributed by atoms with Crippen molar-refractivity contribution in [2.75, 3.05) is 18.4 Å². The zero-order valence-corrected chi connectivity index (χ0v) is 10.4. The summed E-state index contributed by atoms with van der Waals surface area (Å²) >= 11 is 9.15. The van der Waals surface area contributed by atoms with Crippen molar-refractivity contribution in [3.8, 4) is 0 Å². The van der Waals surface area contributed by atoms with Crippen LogP contribution in [0.4, 0.5) is 0 Å². The lowest BCUT2D eigenvalue weighted by Crippen LogP contribution is -2.42. The molecule has 1 nitrogen and oxygen atoms in total. The molecule has 13 heavy (non-hydrogen) atoms. The van der Waals surface area contributed by atoms with Crippen LogP contribution in [0, 0.1) is 0 Å². The molecule has 0 saturated heterocycles. The van der Waals surface area contributed by atoms with Crippen molar-refractivity contribution in [2.24, 2.45) is 0 Å². The Balaban J connectivity index is 2.36. The van der Waals surface area contributed by atoms with Gasteiger partial charge in [0.05, 0.1) is 0 Å². The maximum Gasteiger partial charge on any atom is 0.0205 e. The molecule has 0 atom stereocenters. The number of rotatable bonds is 5. The maximum atomic E-state index is 5.66. The number of alkyl halides is 1. The summed E-state index contributed by atoms with van der Waals surface area (Å²) in [5, 5.41) is 1.05. The van der Waals surface area contributed by atoms with E-state index in [0.29, 0.717) is 0 Å². The van der Waals surface area contributed by atoms with Crippen molar-refractivity contribution < 1.29 is 0 Å². The highest BCUT2D eigenvalue weighted by Crippen LogP contribution is 2.25. The highest BCUT2D eigenvalue weighted by Gasteiger charge is 2.23. The molecule has 0 aliphatic heterocycles. The highest BCUT2D eigenvalue weighted by molar-refractivity contribution is 9.09. The van der Waals surface area contributed by atoms with Gasteiger partial charge in [-0.05, 0) is 25.3 Å². The van der Waals surface area contributed by atoms with Crippen molar-refractivity contribution in [3.63, 3.8) is 0 Å². The Bertz CT molecular complexity index is 178. The van der Waals surface area contributed by atoms with E-state index in [-0.39, 0.29) is 0 Å². The van der Waals surface area contributed by atoms with Gasteiger partial charge >= 0.3 is 0 Å². The lowest BCUT2D eigenvalue weighted by atomic mass is 9.91. The van der Waals surface area contributed by atoms with Gasteiger partial charge in [-0.2, -0.15) is 0 Å². The number of halogens is 2. The molecule has 0 amide bonds. The minimum Gasteiger partial charge on any atom is -0.296 e. The van der Waals surface area contributed by atoms with Crippen molar-refractivity contribution >= 4 is 27.5 Å². The van der Waals surface area contributed by atoms with E-state index in [1.165, 1.54) is 24.8 Å². The van der Waals surface area contributed by atoms with Gasteiger partial charge in [0.25, 0.3) is 0 Å². The van der Waals surface area contributed by atoms with E-state index in [1.807, 2.05) is 0 Å². The Labute approximate surface area is 94.3 Å². The first-order valence-corrected chi connectivity index (χ1v) is 6.39. The predicted molar refractivity (Wildman–Crippen MR) is 62.6 cm³/mol. The maximum absolute atomic E-state index is 5.66. The summed E-state index contributed by atoms with van der Waals surface area (Å²) < 4.78 is 0. The molecule has 0 N–H and O–H groups in total. The molecule has 3 heteroatoms. The van der Waals surface area contributed by atoms with Gasteiger partial charge in [0, 0.05) is 30.0 Å². The largest absolute Gasteiger partial charge is 0.296 e. The quantitative estimate of drug-likeness (QED) is 0.690. The lowest BCUT2D eigenvalue weighted by molar-refractivity contribution is 0.147. The van der Waals surface area contributed by atoms with Crippen LogP contribution in [-0.4, -0.2) is 29.4 Å². The topological polar surface area (TPSA) is 3.24 Å². The second kappa shape index (κ2) is 6.05. The second-order valence-electron chi connectivity index (χ2n) is 3.70. The summed E-state index contributed by atoms with van der Waals surface area (Å²) in [6.45, 7) is 4.25. The van der Waals surface area contributed by atoms with Crippen molar-refractivity contribution in [1.29, 1.82) is 0 Å². The van der Waals surface area contributed by atoms with E-state index in [9.17, 15) is 0 Å². The fourth-order valence-corrected chi connectivity index (χ4v) is 2.13. The molecule has 1 saturated carbocycles. The van der Waals surface area contributed by atoms with Gasteiger partial charge in [0.1, 0.15) is 0 Å². The van der Waals surface area contributed by atoms with Crippen LogP contribution in [-0.2, 0) is 0 Å². The van der Waals surface area contributed by atoms with E-state index < -0.39 is 0 Å². The Morgan fingerprint density at radius 2 is 2.31 bits per heavy atom. The van der Waals surface area contributed by atoms with E-state index in [1.54, 1.807) is 5.54 Å². The summed E-state index contributed by atoms with van der Waals surface area (Å²) in [6.07, 6.45) is 4.12. The van der Waals surface area contributed by atoms with Gasteiger partial charge in [-0.15, -0.1) is 0 Å². The summed E-state index contributed by atoms with van der Waals surface area (Å²) in [6, 6.07) is 0.809. The zero-order chi connectivity index (χ0) is 9.68. The Hall–Kier alpha value is 0.470. The third-order valence-corrected chi connectivity index (χ3v) is 3.33. The number of hydrogen-bond acceptors (Lipinski definition) is 1. The minimum atomic E-state index is 0.809. The van der Waals surface area contributed by atoms with Crippen molar-refractivity contribution in [3.05, 3.63) is 11.1 Å². The first-order valence-electron chi connectivity index (χ1n) is 4.83. The third kappa shape index (κ3) is 3.61. The standard InChI is InChI=1S/C10H17BrClN/c1-9(7-12)8-13(6-5-11)10-3-2-4-10/h7,10H,2-6,8H2,1H3. The molecule has 0 aromatic heterocycles. The molecule has 1 rings (SSSR count). The highest BCUT2D eigenvalue weighted by atomic mass is 79.9. The summed E-state index contributed by atoms with van der Waals surface area (Å²) in [7, 11) is 0. The molecular formula is C10H17BrClN.